The van der Waals surface area contributed by atoms with Gasteiger partial charge in [0.15, 0.2) is 0 Å². The molecular weight excluding hydrogens is 362 g/mol. The lowest BCUT2D eigenvalue weighted by molar-refractivity contribution is 0.121. The van der Waals surface area contributed by atoms with Crippen molar-refractivity contribution in [2.75, 3.05) is 20.2 Å². The smallest absolute Gasteiger partial charge is 0.337 e. The van der Waals surface area contributed by atoms with Gasteiger partial charge in [-0.15, -0.1) is 5.10 Å². The van der Waals surface area contributed by atoms with E-state index in [9.17, 15) is 0 Å². The predicted molar refractivity (Wildman–Crippen MR) is 90.0 cm³/mol. The number of fused-ring (bicyclic) bond motifs is 1. The Bertz CT molecular complexity index is 697. The molecule has 0 amide bonds. The molecule has 0 N–H and O–H groups in total. The Morgan fingerprint density at radius 1 is 1.39 bits per heavy atom. The molecule has 3 heterocycles. The van der Waals surface area contributed by atoms with Crippen molar-refractivity contribution in [1.29, 1.82) is 0 Å². The maximum Gasteiger partial charge on any atom is 0.337 e. The quantitative estimate of drug-likeness (QED) is 0.807. The highest BCUT2D eigenvalue weighted by Crippen LogP contribution is 2.25. The molecule has 126 valence electrons. The fourth-order valence-electron chi connectivity index (χ4n) is 2.59. The maximum atomic E-state index is 5.92. The van der Waals surface area contributed by atoms with Crippen LogP contribution in [0.25, 0.3) is 5.65 Å². The van der Waals surface area contributed by atoms with E-state index in [1.54, 1.807) is 10.7 Å². The van der Waals surface area contributed by atoms with E-state index >= 15 is 0 Å². The summed E-state index contributed by atoms with van der Waals surface area (Å²) in [6, 6.07) is 0.711. The largest absolute Gasteiger partial charge is 0.469 e. The fraction of sp³-hybridized carbons (Fsp3) is 0.667. The first-order valence-electron chi connectivity index (χ1n) is 7.77. The Hall–Kier alpha value is -1.41. The Kier molecular flexibility index (Phi) is 4.46. The van der Waals surface area contributed by atoms with Crippen molar-refractivity contribution in [2.45, 2.75) is 45.3 Å². The van der Waals surface area contributed by atoms with Crippen LogP contribution in [0.3, 0.4) is 0 Å². The lowest BCUT2D eigenvalue weighted by Gasteiger charge is -2.21. The standard InChI is InChI=1S/C15H22BrN5O2/c1-15(2,3)23-13-12-17-8-11(16)21(12)19-14(18-13)22-9-10-6-5-7-20(10)4/h8,10H,5-7,9H2,1-4H3. The van der Waals surface area contributed by atoms with Crippen LogP contribution in [0.4, 0.5) is 0 Å². The molecule has 1 unspecified atom stereocenters. The summed E-state index contributed by atoms with van der Waals surface area (Å²) in [5.41, 5.74) is 0.188. The number of hydrogen-bond acceptors (Lipinski definition) is 6. The third-order valence-electron chi connectivity index (χ3n) is 3.75. The van der Waals surface area contributed by atoms with Crippen molar-refractivity contribution in [3.05, 3.63) is 10.8 Å². The van der Waals surface area contributed by atoms with E-state index in [2.05, 4.69) is 42.9 Å². The van der Waals surface area contributed by atoms with E-state index in [0.717, 1.165) is 17.6 Å². The zero-order valence-electron chi connectivity index (χ0n) is 13.9. The molecule has 1 aliphatic rings. The van der Waals surface area contributed by atoms with Crippen LogP contribution in [0.1, 0.15) is 33.6 Å². The van der Waals surface area contributed by atoms with Crippen molar-refractivity contribution in [3.8, 4) is 11.9 Å². The summed E-state index contributed by atoms with van der Waals surface area (Å²) < 4.78 is 14.1. The van der Waals surface area contributed by atoms with Gasteiger partial charge in [-0.25, -0.2) is 4.98 Å². The zero-order valence-corrected chi connectivity index (χ0v) is 15.5. The Morgan fingerprint density at radius 3 is 2.83 bits per heavy atom. The first-order chi connectivity index (χ1) is 10.8. The Labute approximate surface area is 144 Å². The molecule has 0 aromatic carbocycles. The van der Waals surface area contributed by atoms with Crippen LogP contribution < -0.4 is 9.47 Å². The second-order valence-electron chi connectivity index (χ2n) is 6.82. The summed E-state index contributed by atoms with van der Waals surface area (Å²) in [6.07, 6.45) is 4.02. The second-order valence-corrected chi connectivity index (χ2v) is 7.63. The number of ether oxygens (including phenoxy) is 2. The van der Waals surface area contributed by atoms with Crippen molar-refractivity contribution in [2.24, 2.45) is 0 Å². The number of likely N-dealkylation sites (tertiary alicyclic amines) is 1. The number of nitrogens with zero attached hydrogens (tertiary/aromatic N) is 5. The minimum atomic E-state index is -0.379. The summed E-state index contributed by atoms with van der Waals surface area (Å²) in [5, 5.41) is 4.39. The third kappa shape index (κ3) is 3.74. The molecule has 23 heavy (non-hydrogen) atoms. The molecular formula is C15H22BrN5O2. The number of halogens is 1. The molecule has 8 heteroatoms. The molecule has 1 atom stereocenters. The van der Waals surface area contributed by atoms with Crippen LogP contribution in [-0.4, -0.2) is 56.3 Å². The number of aromatic nitrogens is 4. The summed E-state index contributed by atoms with van der Waals surface area (Å²) in [4.78, 5) is 11.0. The molecule has 0 spiro atoms. The van der Waals surface area contributed by atoms with Gasteiger partial charge >= 0.3 is 6.01 Å². The SMILES string of the molecule is CN1CCCC1COc1nc(OC(C)(C)C)c2ncc(Br)n2n1. The monoisotopic (exact) mass is 383 g/mol. The van der Waals surface area contributed by atoms with Crippen LogP contribution in [0.15, 0.2) is 10.8 Å². The summed E-state index contributed by atoms with van der Waals surface area (Å²) in [5.74, 6) is 0.424. The van der Waals surface area contributed by atoms with Crippen LogP contribution in [0.2, 0.25) is 0 Å². The zero-order chi connectivity index (χ0) is 16.6. The number of rotatable bonds is 4. The molecule has 0 bridgehead atoms. The highest BCUT2D eigenvalue weighted by molar-refractivity contribution is 9.10. The first kappa shape index (κ1) is 16.4. The highest BCUT2D eigenvalue weighted by atomic mass is 79.9. The van der Waals surface area contributed by atoms with E-state index in [-0.39, 0.29) is 5.60 Å². The van der Waals surface area contributed by atoms with Gasteiger partial charge in [-0.3, -0.25) is 0 Å². The fourth-order valence-corrected chi connectivity index (χ4v) is 2.94. The number of likely N-dealkylation sites (N-methyl/N-ethyl adjacent to an activating group) is 1. The third-order valence-corrected chi connectivity index (χ3v) is 4.29. The molecule has 0 radical (unpaired) electrons. The average molecular weight is 384 g/mol. The van der Waals surface area contributed by atoms with Crippen LogP contribution in [0.5, 0.6) is 11.9 Å². The van der Waals surface area contributed by atoms with Crippen LogP contribution in [-0.2, 0) is 0 Å². The molecule has 2 aromatic heterocycles. The van der Waals surface area contributed by atoms with Gasteiger partial charge in [0.2, 0.25) is 5.65 Å². The summed E-state index contributed by atoms with van der Waals surface area (Å²) >= 11 is 3.43. The van der Waals surface area contributed by atoms with E-state index in [0.29, 0.717) is 30.2 Å². The number of imidazole rings is 1. The summed E-state index contributed by atoms with van der Waals surface area (Å²) in [7, 11) is 2.12. The molecule has 0 aliphatic carbocycles. The van der Waals surface area contributed by atoms with Crippen molar-refractivity contribution < 1.29 is 9.47 Å². The van der Waals surface area contributed by atoms with Crippen molar-refractivity contribution in [1.82, 2.24) is 24.5 Å². The van der Waals surface area contributed by atoms with Gasteiger partial charge in [0.05, 0.1) is 6.20 Å². The Balaban J connectivity index is 1.86. The van der Waals surface area contributed by atoms with Gasteiger partial charge in [-0.1, -0.05) is 0 Å². The van der Waals surface area contributed by atoms with Gasteiger partial charge in [0.25, 0.3) is 5.88 Å². The topological polar surface area (TPSA) is 64.8 Å². The molecule has 3 rings (SSSR count). The molecule has 1 saturated heterocycles. The molecule has 7 nitrogen and oxygen atoms in total. The van der Waals surface area contributed by atoms with Gasteiger partial charge < -0.3 is 14.4 Å². The van der Waals surface area contributed by atoms with E-state index < -0.39 is 0 Å². The minimum absolute atomic E-state index is 0.302. The van der Waals surface area contributed by atoms with Gasteiger partial charge in [-0.05, 0) is 63.1 Å². The normalized spacial score (nSPS) is 19.4. The maximum absolute atomic E-state index is 5.92. The average Bonchev–Trinajstić information content (AvgIpc) is 3.02. The Morgan fingerprint density at radius 2 is 2.17 bits per heavy atom. The molecule has 1 aliphatic heterocycles. The minimum Gasteiger partial charge on any atom is -0.469 e. The predicted octanol–water partition coefficient (Wildman–Crippen LogP) is 2.54. The second kappa shape index (κ2) is 6.24. The van der Waals surface area contributed by atoms with Crippen molar-refractivity contribution in [3.63, 3.8) is 0 Å². The highest BCUT2D eigenvalue weighted by Gasteiger charge is 2.23. The molecule has 1 fully saturated rings. The first-order valence-corrected chi connectivity index (χ1v) is 8.56. The number of hydrogen-bond donors (Lipinski definition) is 0. The van der Waals surface area contributed by atoms with Gasteiger partial charge in [-0.2, -0.15) is 9.50 Å². The summed E-state index contributed by atoms with van der Waals surface area (Å²) in [6.45, 7) is 7.59. The van der Waals surface area contributed by atoms with Crippen molar-refractivity contribution >= 4 is 21.6 Å². The lowest BCUT2D eigenvalue weighted by atomic mass is 10.2. The van der Waals surface area contributed by atoms with Crippen LogP contribution >= 0.6 is 15.9 Å². The molecule has 0 saturated carbocycles. The van der Waals surface area contributed by atoms with E-state index in [4.69, 9.17) is 9.47 Å². The van der Waals surface area contributed by atoms with E-state index in [1.807, 2.05) is 20.8 Å². The van der Waals surface area contributed by atoms with Gasteiger partial charge in [0.1, 0.15) is 16.8 Å². The van der Waals surface area contributed by atoms with E-state index in [1.165, 1.54) is 6.42 Å². The van der Waals surface area contributed by atoms with Crippen LogP contribution in [0, 0.1) is 0 Å². The molecule has 2 aromatic rings. The lowest BCUT2D eigenvalue weighted by Crippen LogP contribution is -2.31. The van der Waals surface area contributed by atoms with Gasteiger partial charge in [0, 0.05) is 6.04 Å².